The number of rotatable bonds is 8. The topological polar surface area (TPSA) is 111 Å². The number of carbonyl (C=O) groups is 1. The number of carbonyl (C=O) groups excluding carboxylic acids is 1. The van der Waals surface area contributed by atoms with E-state index >= 15 is 0 Å². The Bertz CT molecular complexity index is 1130. The Labute approximate surface area is 193 Å². The predicted molar refractivity (Wildman–Crippen MR) is 126 cm³/mol. The molecule has 1 saturated carbocycles. The normalized spacial score (nSPS) is 18.2. The predicted octanol–water partition coefficient (Wildman–Crippen LogP) is 3.11. The van der Waals surface area contributed by atoms with E-state index < -0.39 is 0 Å². The molecule has 0 saturated heterocycles. The van der Waals surface area contributed by atoms with Gasteiger partial charge in [-0.3, -0.25) is 4.79 Å². The number of methoxy groups -OCH3 is 2. The number of aliphatic hydroxyl groups is 1. The second-order valence-electron chi connectivity index (χ2n) is 8.28. The van der Waals surface area contributed by atoms with Crippen molar-refractivity contribution >= 4 is 22.6 Å². The van der Waals surface area contributed by atoms with Gasteiger partial charge in [0.2, 0.25) is 0 Å². The van der Waals surface area contributed by atoms with E-state index in [1.807, 2.05) is 29.8 Å². The fourth-order valence-electron chi connectivity index (χ4n) is 4.35. The first-order valence-corrected chi connectivity index (χ1v) is 11.3. The highest BCUT2D eigenvalue weighted by molar-refractivity contribution is 6.06. The number of anilines is 1. The number of pyridine rings is 1. The summed E-state index contributed by atoms with van der Waals surface area (Å²) in [7, 11) is 3.17. The highest BCUT2D eigenvalue weighted by Gasteiger charge is 2.24. The quantitative estimate of drug-likeness (QED) is 0.481. The van der Waals surface area contributed by atoms with Crippen molar-refractivity contribution in [3.8, 4) is 11.5 Å². The van der Waals surface area contributed by atoms with Crippen LogP contribution < -0.4 is 20.1 Å². The summed E-state index contributed by atoms with van der Waals surface area (Å²) in [6, 6.07) is 5.63. The van der Waals surface area contributed by atoms with Gasteiger partial charge in [0.25, 0.3) is 5.91 Å². The second-order valence-corrected chi connectivity index (χ2v) is 8.28. The minimum atomic E-state index is -0.325. The Balaban J connectivity index is 1.60. The molecule has 9 heteroatoms. The molecule has 3 aromatic rings. The van der Waals surface area contributed by atoms with E-state index in [9.17, 15) is 9.90 Å². The second kappa shape index (κ2) is 10.1. The summed E-state index contributed by atoms with van der Waals surface area (Å²) >= 11 is 0. The average Bonchev–Trinajstić information content (AvgIpc) is 3.26. The van der Waals surface area contributed by atoms with Gasteiger partial charge in [0, 0.05) is 25.3 Å². The first-order chi connectivity index (χ1) is 16.0. The summed E-state index contributed by atoms with van der Waals surface area (Å²) in [5, 5.41) is 21.8. The van der Waals surface area contributed by atoms with Crippen LogP contribution in [0.15, 0.2) is 30.6 Å². The molecule has 1 aromatic carbocycles. The zero-order chi connectivity index (χ0) is 23.4. The molecule has 4 rings (SSSR count). The maximum atomic E-state index is 13.2. The highest BCUT2D eigenvalue weighted by atomic mass is 16.5. The maximum absolute atomic E-state index is 13.2. The van der Waals surface area contributed by atoms with Crippen LogP contribution in [0, 0.1) is 0 Å². The lowest BCUT2D eigenvalue weighted by atomic mass is 9.92. The molecule has 33 heavy (non-hydrogen) atoms. The number of benzene rings is 1. The van der Waals surface area contributed by atoms with E-state index in [1.54, 1.807) is 26.6 Å². The van der Waals surface area contributed by atoms with Gasteiger partial charge in [-0.15, -0.1) is 0 Å². The van der Waals surface area contributed by atoms with Crippen molar-refractivity contribution in [2.75, 3.05) is 19.5 Å². The third-order valence-corrected chi connectivity index (χ3v) is 6.11. The Morgan fingerprint density at radius 3 is 2.76 bits per heavy atom. The Morgan fingerprint density at radius 1 is 1.21 bits per heavy atom. The van der Waals surface area contributed by atoms with Crippen molar-refractivity contribution in [2.24, 2.45) is 0 Å². The van der Waals surface area contributed by atoms with Gasteiger partial charge in [-0.25, -0.2) is 9.67 Å². The molecule has 0 bridgehead atoms. The number of aliphatic hydroxyl groups excluding tert-OH is 1. The van der Waals surface area contributed by atoms with Gasteiger partial charge < -0.3 is 25.2 Å². The summed E-state index contributed by atoms with van der Waals surface area (Å²) in [5.74, 6) is 1.01. The number of nitrogens with one attached hydrogen (secondary N) is 2. The molecule has 176 valence electrons. The van der Waals surface area contributed by atoms with Crippen molar-refractivity contribution in [3.63, 3.8) is 0 Å². The SMILES string of the molecule is CCn1ncc2c(N[C@@H]3CCC[C@H](O)C3)c(C(=O)NCc3ccc(OC)c(OC)c3)cnc21. The van der Waals surface area contributed by atoms with Crippen molar-refractivity contribution in [1.29, 1.82) is 0 Å². The van der Waals surface area contributed by atoms with Gasteiger partial charge >= 0.3 is 0 Å². The highest BCUT2D eigenvalue weighted by Crippen LogP contribution is 2.31. The molecule has 1 aliphatic rings. The molecular formula is C24H31N5O4. The van der Waals surface area contributed by atoms with Gasteiger partial charge in [-0.05, 0) is 50.3 Å². The van der Waals surface area contributed by atoms with Gasteiger partial charge in [0.15, 0.2) is 17.1 Å². The Hall–Kier alpha value is -3.33. The first kappa shape index (κ1) is 22.8. The van der Waals surface area contributed by atoms with Crippen molar-refractivity contribution in [1.82, 2.24) is 20.1 Å². The summed E-state index contributed by atoms with van der Waals surface area (Å²) in [6.45, 7) is 3.01. The van der Waals surface area contributed by atoms with E-state index in [0.29, 0.717) is 42.3 Å². The summed E-state index contributed by atoms with van der Waals surface area (Å²) in [5.41, 5.74) is 2.79. The lowest BCUT2D eigenvalue weighted by molar-refractivity contribution is 0.0951. The van der Waals surface area contributed by atoms with E-state index in [2.05, 4.69) is 20.7 Å². The third-order valence-electron chi connectivity index (χ3n) is 6.11. The van der Waals surface area contributed by atoms with Gasteiger partial charge in [0.1, 0.15) is 0 Å². The van der Waals surface area contributed by atoms with Crippen molar-refractivity contribution in [3.05, 3.63) is 41.7 Å². The van der Waals surface area contributed by atoms with E-state index in [4.69, 9.17) is 9.47 Å². The van der Waals surface area contributed by atoms with Crippen LogP contribution in [0.4, 0.5) is 5.69 Å². The van der Waals surface area contributed by atoms with Crippen molar-refractivity contribution in [2.45, 2.75) is 57.8 Å². The molecule has 1 aliphatic carbocycles. The van der Waals surface area contributed by atoms with Crippen LogP contribution in [0.5, 0.6) is 11.5 Å². The van der Waals surface area contributed by atoms with E-state index in [0.717, 1.165) is 35.9 Å². The van der Waals surface area contributed by atoms with Crippen LogP contribution in [0.1, 0.15) is 48.5 Å². The van der Waals surface area contributed by atoms with Crippen LogP contribution >= 0.6 is 0 Å². The number of hydrogen-bond acceptors (Lipinski definition) is 7. The number of hydrogen-bond donors (Lipinski definition) is 3. The molecule has 2 heterocycles. The fraction of sp³-hybridized carbons (Fsp3) is 0.458. The van der Waals surface area contributed by atoms with Gasteiger partial charge in [-0.2, -0.15) is 5.10 Å². The standard InChI is InChI=1S/C24H31N5O4/c1-4-29-23-18(14-27-29)22(28-16-6-5-7-17(30)11-16)19(13-25-23)24(31)26-12-15-8-9-20(32-2)21(10-15)33-3/h8-10,13-14,16-17,30H,4-7,11-12H2,1-3H3,(H,25,28)(H,26,31)/t16-,17+/m1/s1. The minimum Gasteiger partial charge on any atom is -0.493 e. The number of nitrogens with zero attached hydrogens (tertiary/aromatic N) is 3. The van der Waals surface area contributed by atoms with Gasteiger partial charge in [-0.1, -0.05) is 6.07 Å². The third kappa shape index (κ3) is 4.88. The smallest absolute Gasteiger partial charge is 0.255 e. The van der Waals surface area contributed by atoms with E-state index in [1.165, 1.54) is 0 Å². The lowest BCUT2D eigenvalue weighted by Gasteiger charge is -2.28. The zero-order valence-corrected chi connectivity index (χ0v) is 19.3. The van der Waals surface area contributed by atoms with Crippen LogP contribution in [-0.4, -0.2) is 52.1 Å². The Kier molecular flexibility index (Phi) is 6.98. The van der Waals surface area contributed by atoms with Crippen LogP contribution in [0.3, 0.4) is 0 Å². The minimum absolute atomic E-state index is 0.0849. The largest absolute Gasteiger partial charge is 0.493 e. The molecule has 0 unspecified atom stereocenters. The molecule has 0 spiro atoms. The fourth-order valence-corrected chi connectivity index (χ4v) is 4.35. The molecular weight excluding hydrogens is 422 g/mol. The zero-order valence-electron chi connectivity index (χ0n) is 19.3. The molecule has 1 fully saturated rings. The maximum Gasteiger partial charge on any atom is 0.255 e. The number of ether oxygens (including phenoxy) is 2. The average molecular weight is 454 g/mol. The first-order valence-electron chi connectivity index (χ1n) is 11.3. The molecule has 0 radical (unpaired) electrons. The number of aromatic nitrogens is 3. The van der Waals surface area contributed by atoms with Crippen LogP contribution in [0.2, 0.25) is 0 Å². The van der Waals surface area contributed by atoms with Crippen molar-refractivity contribution < 1.29 is 19.4 Å². The summed E-state index contributed by atoms with van der Waals surface area (Å²) in [6.07, 6.45) is 6.38. The number of amides is 1. The summed E-state index contributed by atoms with van der Waals surface area (Å²) < 4.78 is 12.4. The molecule has 2 atom stereocenters. The van der Waals surface area contributed by atoms with Crippen LogP contribution in [0.25, 0.3) is 11.0 Å². The van der Waals surface area contributed by atoms with Gasteiger partial charge in [0.05, 0.1) is 43.2 Å². The molecule has 1 amide bonds. The van der Waals surface area contributed by atoms with E-state index in [-0.39, 0.29) is 18.1 Å². The monoisotopic (exact) mass is 453 g/mol. The Morgan fingerprint density at radius 2 is 2.03 bits per heavy atom. The molecule has 2 aromatic heterocycles. The number of fused-ring (bicyclic) bond motifs is 1. The summed E-state index contributed by atoms with van der Waals surface area (Å²) in [4.78, 5) is 17.7. The number of aryl methyl sites for hydroxylation is 1. The molecule has 0 aliphatic heterocycles. The van der Waals surface area contributed by atoms with Crippen LogP contribution in [-0.2, 0) is 13.1 Å². The molecule has 9 nitrogen and oxygen atoms in total. The molecule has 3 N–H and O–H groups in total. The lowest BCUT2D eigenvalue weighted by Crippen LogP contribution is -2.31.